The Bertz CT molecular complexity index is 1480. The van der Waals surface area contributed by atoms with Gasteiger partial charge in [-0.1, -0.05) is 19.1 Å². The van der Waals surface area contributed by atoms with Crippen LogP contribution in [0.25, 0.3) is 11.3 Å². The minimum atomic E-state index is -4.25. The molecule has 1 amide bonds. The first-order chi connectivity index (χ1) is 17.3. The number of carbonyl (C=O) groups is 1. The van der Waals surface area contributed by atoms with Crippen LogP contribution in [0.15, 0.2) is 47.5 Å². The number of anilines is 2. The summed E-state index contributed by atoms with van der Waals surface area (Å²) in [6.45, 7) is 10.9. The van der Waals surface area contributed by atoms with E-state index >= 15 is 0 Å². The number of hydrogen-bond acceptors (Lipinski definition) is 8. The molecule has 0 radical (unpaired) electrons. The molecule has 3 heterocycles. The third-order valence-corrected chi connectivity index (χ3v) is 7.95. The van der Waals surface area contributed by atoms with E-state index in [4.69, 9.17) is 15.5 Å². The number of nitrogen functional groups attached to an aromatic ring is 1. The number of sulfonamides is 1. The van der Waals surface area contributed by atoms with Gasteiger partial charge in [-0.15, -0.1) is 0 Å². The molecule has 0 aliphatic carbocycles. The van der Waals surface area contributed by atoms with Gasteiger partial charge in [0.15, 0.2) is 5.03 Å². The molecule has 1 atom stereocenters. The molecule has 1 aliphatic heterocycles. The van der Waals surface area contributed by atoms with Gasteiger partial charge in [0.25, 0.3) is 15.9 Å². The predicted molar refractivity (Wildman–Crippen MR) is 146 cm³/mol. The van der Waals surface area contributed by atoms with Crippen LogP contribution in [0.5, 0.6) is 5.75 Å². The van der Waals surface area contributed by atoms with E-state index in [9.17, 15) is 13.2 Å². The molecule has 10 heteroatoms. The van der Waals surface area contributed by atoms with Gasteiger partial charge >= 0.3 is 0 Å². The summed E-state index contributed by atoms with van der Waals surface area (Å²) in [5, 5.41) is -0.328. The number of methoxy groups -OCH3 is 1. The molecule has 37 heavy (non-hydrogen) atoms. The second-order valence-electron chi connectivity index (χ2n) is 10.3. The summed E-state index contributed by atoms with van der Waals surface area (Å²) in [5.41, 5.74) is 8.87. The Kier molecular flexibility index (Phi) is 6.89. The average Bonchev–Trinajstić information content (AvgIpc) is 3.10. The molecule has 1 fully saturated rings. The van der Waals surface area contributed by atoms with Gasteiger partial charge < -0.3 is 15.4 Å². The lowest BCUT2D eigenvalue weighted by Gasteiger charge is -2.34. The number of aryl methyl sites for hydroxylation is 2. The second kappa shape index (κ2) is 9.66. The van der Waals surface area contributed by atoms with Gasteiger partial charge in [0.2, 0.25) is 0 Å². The van der Waals surface area contributed by atoms with Crippen LogP contribution < -0.4 is 20.1 Å². The van der Waals surface area contributed by atoms with Crippen LogP contribution in [0.3, 0.4) is 0 Å². The Morgan fingerprint density at radius 1 is 1.16 bits per heavy atom. The van der Waals surface area contributed by atoms with Gasteiger partial charge in [-0.2, -0.15) is 8.42 Å². The summed E-state index contributed by atoms with van der Waals surface area (Å²) in [5.74, 6) is 0.765. The van der Waals surface area contributed by atoms with Crippen molar-refractivity contribution in [2.24, 2.45) is 5.92 Å². The first-order valence-electron chi connectivity index (χ1n) is 12.1. The largest absolute Gasteiger partial charge is 0.497 e. The third kappa shape index (κ3) is 5.24. The number of pyridine rings is 2. The maximum atomic E-state index is 13.5. The van der Waals surface area contributed by atoms with E-state index in [0.717, 1.165) is 23.1 Å². The Morgan fingerprint density at radius 2 is 1.89 bits per heavy atom. The van der Waals surface area contributed by atoms with Crippen molar-refractivity contribution in [3.8, 4) is 17.0 Å². The van der Waals surface area contributed by atoms with Gasteiger partial charge in [-0.3, -0.25) is 4.79 Å². The third-order valence-electron chi connectivity index (χ3n) is 6.71. The Hall–Kier alpha value is -3.66. The molecule has 4 rings (SSSR count). The zero-order chi connectivity index (χ0) is 27.1. The van der Waals surface area contributed by atoms with Crippen molar-refractivity contribution >= 4 is 27.6 Å². The molecule has 2 aromatic heterocycles. The molecule has 1 aromatic carbocycles. The van der Waals surface area contributed by atoms with E-state index < -0.39 is 15.9 Å². The average molecular weight is 526 g/mol. The fourth-order valence-corrected chi connectivity index (χ4v) is 5.94. The maximum absolute atomic E-state index is 13.5. The second-order valence-corrected chi connectivity index (χ2v) is 11.9. The summed E-state index contributed by atoms with van der Waals surface area (Å²) >= 11 is 0. The summed E-state index contributed by atoms with van der Waals surface area (Å²) in [4.78, 5) is 24.5. The lowest BCUT2D eigenvalue weighted by molar-refractivity contribution is 0.0981. The van der Waals surface area contributed by atoms with Gasteiger partial charge in [0, 0.05) is 19.1 Å². The van der Waals surface area contributed by atoms with Crippen LogP contribution in [-0.4, -0.2) is 43.5 Å². The standard InChI is InChI=1S/C27H33N5O4S.H2/c1-16-14-27(4,5)32(15-16)25-21(26(33)31-37(34,35)23-9-7-8-22(28)29-23)12-18(3)24(30-25)20-13-19(36-6)11-10-17(20)2;/h7-13,16H,14-15H2,1-6H3,(H2,28,29)(H,31,33);1H. The number of carbonyl (C=O) groups excluding carboxylic acids is 1. The Labute approximate surface area is 219 Å². The van der Waals surface area contributed by atoms with Crippen molar-refractivity contribution in [2.75, 3.05) is 24.3 Å². The highest BCUT2D eigenvalue weighted by Crippen LogP contribution is 2.40. The van der Waals surface area contributed by atoms with Crippen molar-refractivity contribution in [2.45, 2.75) is 51.6 Å². The lowest BCUT2D eigenvalue weighted by atomic mass is 9.96. The quantitative estimate of drug-likeness (QED) is 0.486. The van der Waals surface area contributed by atoms with Crippen LogP contribution in [-0.2, 0) is 10.0 Å². The van der Waals surface area contributed by atoms with Gasteiger partial charge in [0.05, 0.1) is 18.4 Å². The Balaban J connectivity index is 0.00000400. The minimum absolute atomic E-state index is 0. The molecule has 3 aromatic rings. The van der Waals surface area contributed by atoms with E-state index in [2.05, 4.69) is 35.4 Å². The molecule has 198 valence electrons. The van der Waals surface area contributed by atoms with E-state index in [1.54, 1.807) is 13.2 Å². The number of ether oxygens (including phenoxy) is 1. The number of rotatable bonds is 6. The molecule has 9 nitrogen and oxygen atoms in total. The van der Waals surface area contributed by atoms with Crippen molar-refractivity contribution in [3.05, 3.63) is 59.2 Å². The fraction of sp³-hybridized carbons (Fsp3) is 0.370. The number of nitrogens with two attached hydrogens (primary N) is 1. The number of nitrogens with one attached hydrogen (secondary N) is 1. The number of amides is 1. The van der Waals surface area contributed by atoms with Crippen molar-refractivity contribution < 1.29 is 19.4 Å². The highest BCUT2D eigenvalue weighted by molar-refractivity contribution is 7.90. The first-order valence-corrected chi connectivity index (χ1v) is 13.5. The zero-order valence-corrected chi connectivity index (χ0v) is 22.8. The number of aromatic nitrogens is 2. The van der Waals surface area contributed by atoms with E-state index in [1.165, 1.54) is 18.2 Å². The van der Waals surface area contributed by atoms with Crippen LogP contribution in [0.2, 0.25) is 0 Å². The summed E-state index contributed by atoms with van der Waals surface area (Å²) < 4.78 is 33.5. The monoisotopic (exact) mass is 525 g/mol. The summed E-state index contributed by atoms with van der Waals surface area (Å²) in [6.07, 6.45) is 0.905. The number of hydrogen-bond donors (Lipinski definition) is 2. The van der Waals surface area contributed by atoms with Crippen LogP contribution in [0.1, 0.15) is 50.1 Å². The van der Waals surface area contributed by atoms with Crippen LogP contribution >= 0.6 is 0 Å². The molecular formula is C27H35N5O4S. The normalized spacial score (nSPS) is 17.0. The van der Waals surface area contributed by atoms with Crippen molar-refractivity contribution in [1.82, 2.24) is 14.7 Å². The lowest BCUT2D eigenvalue weighted by Crippen LogP contribution is -2.41. The number of benzene rings is 1. The smallest absolute Gasteiger partial charge is 0.281 e. The zero-order valence-electron chi connectivity index (χ0n) is 22.0. The Morgan fingerprint density at radius 3 is 2.51 bits per heavy atom. The maximum Gasteiger partial charge on any atom is 0.281 e. The predicted octanol–water partition coefficient (Wildman–Crippen LogP) is 4.34. The van der Waals surface area contributed by atoms with Crippen molar-refractivity contribution in [1.29, 1.82) is 0 Å². The molecular weight excluding hydrogens is 490 g/mol. The van der Waals surface area contributed by atoms with E-state index in [1.807, 2.05) is 32.0 Å². The highest BCUT2D eigenvalue weighted by atomic mass is 32.2. The van der Waals surface area contributed by atoms with Crippen LogP contribution in [0, 0.1) is 19.8 Å². The van der Waals surface area contributed by atoms with Gasteiger partial charge in [0.1, 0.15) is 17.4 Å². The van der Waals surface area contributed by atoms with Crippen LogP contribution in [0.4, 0.5) is 11.6 Å². The number of nitrogens with zero attached hydrogens (tertiary/aromatic N) is 3. The van der Waals surface area contributed by atoms with E-state index in [-0.39, 0.29) is 23.4 Å². The molecule has 1 saturated heterocycles. The topological polar surface area (TPSA) is 128 Å². The molecule has 0 spiro atoms. The molecule has 0 bridgehead atoms. The highest BCUT2D eigenvalue weighted by Gasteiger charge is 2.39. The minimum Gasteiger partial charge on any atom is -0.497 e. The van der Waals surface area contributed by atoms with Gasteiger partial charge in [-0.25, -0.2) is 14.7 Å². The summed E-state index contributed by atoms with van der Waals surface area (Å²) in [7, 11) is -2.65. The van der Waals surface area contributed by atoms with Crippen molar-refractivity contribution in [3.63, 3.8) is 0 Å². The molecule has 3 N–H and O–H groups in total. The molecule has 0 saturated carbocycles. The fourth-order valence-electron chi connectivity index (χ4n) is 5.00. The van der Waals surface area contributed by atoms with E-state index in [0.29, 0.717) is 29.7 Å². The molecule has 1 aliphatic rings. The van der Waals surface area contributed by atoms with Gasteiger partial charge in [-0.05, 0) is 81.5 Å². The SMILES string of the molecule is COc1ccc(C)c(-c2nc(N3CC(C)CC3(C)C)c(C(=O)NS(=O)(=O)c3cccc(N)n3)cc2C)c1.[HH]. The summed E-state index contributed by atoms with van der Waals surface area (Å²) in [6, 6.07) is 11.7. The first kappa shape index (κ1) is 26.4. The molecule has 1 unspecified atom stereocenters.